The van der Waals surface area contributed by atoms with E-state index in [0.717, 1.165) is 23.1 Å². The van der Waals surface area contributed by atoms with Crippen molar-refractivity contribution in [3.8, 4) is 11.6 Å². The van der Waals surface area contributed by atoms with Gasteiger partial charge < -0.3 is 15.8 Å². The molecule has 1 unspecified atom stereocenters. The SMILES string of the molecule is CSc1nc(N)cc(Oc2ccc(C3N=C(Nc4cccc(C(F)(F)F)c4)NN3)c3ccncc23)n1. The Labute approximate surface area is 207 Å². The molecular formula is C23H19F3N8OS. The smallest absolute Gasteiger partial charge is 0.416 e. The number of nitrogens with zero attached hydrogens (tertiary/aromatic N) is 4. The minimum absolute atomic E-state index is 0.255. The number of nitrogen functional groups attached to an aromatic ring is 1. The Balaban J connectivity index is 1.42. The van der Waals surface area contributed by atoms with Crippen molar-refractivity contribution in [3.63, 3.8) is 0 Å². The van der Waals surface area contributed by atoms with Crippen LogP contribution in [0.4, 0.5) is 24.7 Å². The van der Waals surface area contributed by atoms with Gasteiger partial charge in [0.15, 0.2) is 5.16 Å². The molecule has 0 aliphatic carbocycles. The lowest BCUT2D eigenvalue weighted by Crippen LogP contribution is -2.35. The molecule has 36 heavy (non-hydrogen) atoms. The standard InChI is InChI=1S/C23H19F3N8OS/c1-36-22-30-18(27)10-19(31-22)35-17-6-5-15(14-7-8-28-11-16(14)17)20-32-21(34-33-20)29-13-4-2-3-12(9-13)23(24,25)26/h2-11,20,33H,1H3,(H2,27,30,31)(H2,29,32,34). The van der Waals surface area contributed by atoms with Crippen molar-refractivity contribution in [2.75, 3.05) is 17.3 Å². The molecule has 1 aliphatic heterocycles. The fraction of sp³-hybridized carbons (Fsp3) is 0.130. The summed E-state index contributed by atoms with van der Waals surface area (Å²) in [4.78, 5) is 17.2. The van der Waals surface area contributed by atoms with Crippen molar-refractivity contribution in [2.24, 2.45) is 4.99 Å². The highest BCUT2D eigenvalue weighted by Gasteiger charge is 2.30. The first-order chi connectivity index (χ1) is 17.3. The normalized spacial score (nSPS) is 15.4. The third-order valence-corrected chi connectivity index (χ3v) is 5.79. The number of hydrogen-bond acceptors (Lipinski definition) is 10. The molecule has 0 radical (unpaired) electrons. The predicted molar refractivity (Wildman–Crippen MR) is 132 cm³/mol. The van der Waals surface area contributed by atoms with E-state index in [0.29, 0.717) is 28.0 Å². The molecule has 3 heterocycles. The number of pyridine rings is 1. The lowest BCUT2D eigenvalue weighted by atomic mass is 10.0. The summed E-state index contributed by atoms with van der Waals surface area (Å²) in [6, 6.07) is 11.9. The van der Waals surface area contributed by atoms with Crippen LogP contribution in [0.3, 0.4) is 0 Å². The molecule has 13 heteroatoms. The molecule has 0 saturated heterocycles. The number of aliphatic imine (C=N–C) groups is 1. The molecule has 2 aromatic carbocycles. The molecule has 2 aromatic heterocycles. The topological polar surface area (TPSA) is 122 Å². The highest BCUT2D eigenvalue weighted by molar-refractivity contribution is 7.98. The highest BCUT2D eigenvalue weighted by atomic mass is 32.2. The van der Waals surface area contributed by atoms with Crippen LogP contribution in [0.2, 0.25) is 0 Å². The van der Waals surface area contributed by atoms with Crippen LogP contribution in [0.25, 0.3) is 10.8 Å². The second-order valence-corrected chi connectivity index (χ2v) is 8.42. The summed E-state index contributed by atoms with van der Waals surface area (Å²) in [6.07, 6.45) is 0.204. The number of ether oxygens (including phenoxy) is 1. The number of nitrogens with two attached hydrogens (primary N) is 1. The minimum atomic E-state index is -4.44. The number of fused-ring (bicyclic) bond motifs is 1. The Bertz CT molecular complexity index is 1460. The third kappa shape index (κ3) is 4.97. The van der Waals surface area contributed by atoms with Gasteiger partial charge in [0.25, 0.3) is 0 Å². The number of rotatable bonds is 5. The fourth-order valence-electron chi connectivity index (χ4n) is 3.64. The Morgan fingerprint density at radius 3 is 2.75 bits per heavy atom. The Kier molecular flexibility index (Phi) is 6.24. The second kappa shape index (κ2) is 9.51. The summed E-state index contributed by atoms with van der Waals surface area (Å²) in [5, 5.41) is 4.89. The van der Waals surface area contributed by atoms with E-state index in [2.05, 4.69) is 36.1 Å². The summed E-state index contributed by atoms with van der Waals surface area (Å²) in [5.41, 5.74) is 12.1. The Morgan fingerprint density at radius 1 is 1.08 bits per heavy atom. The lowest BCUT2D eigenvalue weighted by Gasteiger charge is -2.14. The van der Waals surface area contributed by atoms with Crippen LogP contribution in [0.5, 0.6) is 11.6 Å². The molecule has 5 N–H and O–H groups in total. The Morgan fingerprint density at radius 2 is 1.94 bits per heavy atom. The maximum atomic E-state index is 13.0. The van der Waals surface area contributed by atoms with Gasteiger partial charge in [0, 0.05) is 35.1 Å². The van der Waals surface area contributed by atoms with Crippen molar-refractivity contribution in [3.05, 3.63) is 72.1 Å². The van der Waals surface area contributed by atoms with E-state index >= 15 is 0 Å². The molecule has 0 saturated carbocycles. The van der Waals surface area contributed by atoms with Crippen LogP contribution in [0, 0.1) is 0 Å². The van der Waals surface area contributed by atoms with Crippen LogP contribution in [0.15, 0.2) is 71.1 Å². The first-order valence-electron chi connectivity index (χ1n) is 10.6. The zero-order valence-corrected chi connectivity index (χ0v) is 19.5. The molecule has 0 amide bonds. The number of hydrogen-bond donors (Lipinski definition) is 4. The average Bonchev–Trinajstić information content (AvgIpc) is 3.31. The number of hydrazine groups is 1. The summed E-state index contributed by atoms with van der Waals surface area (Å²) < 4.78 is 45.1. The maximum absolute atomic E-state index is 13.0. The van der Waals surface area contributed by atoms with E-state index in [9.17, 15) is 13.2 Å². The zero-order chi connectivity index (χ0) is 25.3. The number of benzene rings is 2. The number of alkyl halides is 3. The van der Waals surface area contributed by atoms with Crippen LogP contribution in [0.1, 0.15) is 17.3 Å². The van der Waals surface area contributed by atoms with Gasteiger partial charge in [0.1, 0.15) is 17.7 Å². The minimum Gasteiger partial charge on any atom is -0.438 e. The average molecular weight is 513 g/mol. The van der Waals surface area contributed by atoms with Crippen molar-refractivity contribution < 1.29 is 17.9 Å². The maximum Gasteiger partial charge on any atom is 0.416 e. The first-order valence-corrected chi connectivity index (χ1v) is 11.8. The largest absolute Gasteiger partial charge is 0.438 e. The number of guanidine groups is 1. The number of halogens is 3. The van der Waals surface area contributed by atoms with Gasteiger partial charge in [-0.1, -0.05) is 23.9 Å². The lowest BCUT2D eigenvalue weighted by molar-refractivity contribution is -0.137. The molecule has 1 atom stereocenters. The number of anilines is 2. The Hall–Kier alpha value is -4.10. The van der Waals surface area contributed by atoms with Gasteiger partial charge in [-0.2, -0.15) is 18.2 Å². The highest BCUT2D eigenvalue weighted by Crippen LogP contribution is 2.35. The molecule has 1 aliphatic rings. The monoisotopic (exact) mass is 512 g/mol. The molecule has 5 rings (SSSR count). The van der Waals surface area contributed by atoms with Crippen LogP contribution >= 0.6 is 11.8 Å². The number of thioether (sulfide) groups is 1. The molecule has 0 bridgehead atoms. The van der Waals surface area contributed by atoms with Crippen molar-refractivity contribution in [2.45, 2.75) is 17.5 Å². The van der Waals surface area contributed by atoms with Gasteiger partial charge in [0.2, 0.25) is 11.8 Å². The van der Waals surface area contributed by atoms with Crippen LogP contribution in [-0.2, 0) is 6.18 Å². The number of aromatic nitrogens is 3. The molecular weight excluding hydrogens is 493 g/mol. The molecule has 4 aromatic rings. The predicted octanol–water partition coefficient (Wildman–Crippen LogP) is 4.71. The first kappa shape index (κ1) is 23.6. The third-order valence-electron chi connectivity index (χ3n) is 5.24. The van der Waals surface area contributed by atoms with E-state index < -0.39 is 17.9 Å². The van der Waals surface area contributed by atoms with E-state index in [1.165, 1.54) is 30.0 Å². The molecule has 0 fully saturated rings. The van der Waals surface area contributed by atoms with E-state index in [4.69, 9.17) is 10.5 Å². The molecule has 9 nitrogen and oxygen atoms in total. The summed E-state index contributed by atoms with van der Waals surface area (Å²) in [5.74, 6) is 1.39. The van der Waals surface area contributed by atoms with Crippen LogP contribution < -0.4 is 26.6 Å². The van der Waals surface area contributed by atoms with Crippen molar-refractivity contribution in [1.29, 1.82) is 0 Å². The van der Waals surface area contributed by atoms with Crippen molar-refractivity contribution >= 4 is 40.0 Å². The summed E-state index contributed by atoms with van der Waals surface area (Å²) in [7, 11) is 0. The van der Waals surface area contributed by atoms with Gasteiger partial charge in [-0.3, -0.25) is 10.4 Å². The van der Waals surface area contributed by atoms with Gasteiger partial charge in [0.05, 0.1) is 5.56 Å². The van der Waals surface area contributed by atoms with Gasteiger partial charge >= 0.3 is 6.18 Å². The second-order valence-electron chi connectivity index (χ2n) is 7.65. The number of nitrogens with one attached hydrogen (secondary N) is 3. The van der Waals surface area contributed by atoms with Gasteiger partial charge in [-0.25, -0.2) is 15.4 Å². The zero-order valence-electron chi connectivity index (χ0n) is 18.7. The van der Waals surface area contributed by atoms with Crippen LogP contribution in [-0.4, -0.2) is 27.2 Å². The van der Waals surface area contributed by atoms with E-state index in [1.807, 2.05) is 18.4 Å². The van der Waals surface area contributed by atoms with Gasteiger partial charge in [-0.05, 0) is 42.0 Å². The quantitative estimate of drug-likeness (QED) is 0.222. The van der Waals surface area contributed by atoms with E-state index in [-0.39, 0.29) is 11.6 Å². The fourth-order valence-corrected chi connectivity index (χ4v) is 4.02. The van der Waals surface area contributed by atoms with E-state index in [1.54, 1.807) is 18.5 Å². The molecule has 184 valence electrons. The summed E-state index contributed by atoms with van der Waals surface area (Å²) >= 11 is 1.35. The van der Waals surface area contributed by atoms with Gasteiger partial charge in [-0.15, -0.1) is 0 Å². The van der Waals surface area contributed by atoms with Crippen molar-refractivity contribution in [1.82, 2.24) is 25.8 Å². The summed E-state index contributed by atoms with van der Waals surface area (Å²) in [6.45, 7) is 0. The molecule has 0 spiro atoms.